The molecule has 4 rings (SSSR count). The number of rotatable bonds is 8. The molecule has 1 N–H and O–H groups in total. The summed E-state index contributed by atoms with van der Waals surface area (Å²) < 4.78 is 28.4. The van der Waals surface area contributed by atoms with Crippen molar-refractivity contribution >= 4 is 44.7 Å². The molecule has 188 valence electrons. The fourth-order valence-electron chi connectivity index (χ4n) is 3.89. The van der Waals surface area contributed by atoms with Gasteiger partial charge in [-0.1, -0.05) is 72.3 Å². The van der Waals surface area contributed by atoms with Gasteiger partial charge in [-0.2, -0.15) is 0 Å². The average Bonchev–Trinajstić information content (AvgIpc) is 2.90. The van der Waals surface area contributed by atoms with Gasteiger partial charge in [-0.05, 0) is 61.4 Å². The van der Waals surface area contributed by atoms with Crippen LogP contribution in [0.5, 0.6) is 0 Å². The Hall–Kier alpha value is -3.94. The molecule has 0 aliphatic carbocycles. The molecule has 1 amide bonds. The highest BCUT2D eigenvalue weighted by Gasteiger charge is 2.29. The minimum atomic E-state index is -4.07. The predicted molar refractivity (Wildman–Crippen MR) is 147 cm³/mol. The van der Waals surface area contributed by atoms with Gasteiger partial charge in [0.2, 0.25) is 5.91 Å². The molecule has 0 unspecified atom stereocenters. The predicted octanol–water partition coefficient (Wildman–Crippen LogP) is 6.02. The average molecular weight is 533 g/mol. The van der Waals surface area contributed by atoms with Crippen LogP contribution in [-0.2, 0) is 14.8 Å². The van der Waals surface area contributed by atoms with Crippen LogP contribution in [0.3, 0.4) is 0 Å². The van der Waals surface area contributed by atoms with Crippen LogP contribution < -0.4 is 9.62 Å². The number of ketones is 1. The van der Waals surface area contributed by atoms with Gasteiger partial charge in [-0.25, -0.2) is 8.42 Å². The van der Waals surface area contributed by atoms with Crippen molar-refractivity contribution in [3.63, 3.8) is 0 Å². The van der Waals surface area contributed by atoms with Crippen molar-refractivity contribution in [2.45, 2.75) is 18.7 Å². The highest BCUT2D eigenvalue weighted by Crippen LogP contribution is 2.29. The molecule has 6 nitrogen and oxygen atoms in total. The molecule has 0 radical (unpaired) electrons. The van der Waals surface area contributed by atoms with Crippen molar-refractivity contribution in [1.82, 2.24) is 0 Å². The van der Waals surface area contributed by atoms with Crippen LogP contribution >= 0.6 is 11.6 Å². The lowest BCUT2D eigenvalue weighted by atomic mass is 10.0. The van der Waals surface area contributed by atoms with Crippen molar-refractivity contribution in [1.29, 1.82) is 0 Å². The van der Waals surface area contributed by atoms with Gasteiger partial charge >= 0.3 is 0 Å². The van der Waals surface area contributed by atoms with Crippen molar-refractivity contribution < 1.29 is 18.0 Å². The van der Waals surface area contributed by atoms with Gasteiger partial charge in [-0.3, -0.25) is 13.9 Å². The van der Waals surface area contributed by atoms with Crippen LogP contribution in [0.1, 0.15) is 27.0 Å². The Morgan fingerprint density at radius 1 is 0.838 bits per heavy atom. The Labute approximate surface area is 221 Å². The zero-order valence-electron chi connectivity index (χ0n) is 20.3. The number of halogens is 1. The van der Waals surface area contributed by atoms with E-state index in [1.807, 2.05) is 19.1 Å². The number of nitrogens with zero attached hydrogens (tertiary/aromatic N) is 1. The van der Waals surface area contributed by atoms with Crippen LogP contribution in [-0.4, -0.2) is 26.7 Å². The Balaban J connectivity index is 1.70. The number of amides is 1. The molecule has 0 bridgehead atoms. The molecule has 0 saturated heterocycles. The molecule has 8 heteroatoms. The minimum Gasteiger partial charge on any atom is -0.324 e. The Morgan fingerprint density at radius 3 is 2.16 bits per heavy atom. The highest BCUT2D eigenvalue weighted by molar-refractivity contribution is 7.92. The van der Waals surface area contributed by atoms with Crippen LogP contribution in [0.25, 0.3) is 0 Å². The summed E-state index contributed by atoms with van der Waals surface area (Å²) in [5.74, 6) is -0.925. The monoisotopic (exact) mass is 532 g/mol. The van der Waals surface area contributed by atoms with Crippen LogP contribution in [0.4, 0.5) is 11.4 Å². The fraction of sp³-hybridized carbons (Fsp3) is 0.103. The molecule has 0 spiro atoms. The first-order chi connectivity index (χ1) is 17.7. The normalized spacial score (nSPS) is 11.1. The third-order valence-corrected chi connectivity index (χ3v) is 7.80. The molecule has 37 heavy (non-hydrogen) atoms. The highest BCUT2D eigenvalue weighted by atomic mass is 35.5. The Morgan fingerprint density at radius 2 is 1.49 bits per heavy atom. The Kier molecular flexibility index (Phi) is 7.76. The maximum atomic E-state index is 13.7. The second-order valence-electron chi connectivity index (χ2n) is 8.55. The topological polar surface area (TPSA) is 83.6 Å². The van der Waals surface area contributed by atoms with E-state index in [2.05, 4.69) is 5.32 Å². The van der Waals surface area contributed by atoms with Gasteiger partial charge in [0, 0.05) is 16.1 Å². The molecule has 0 fully saturated rings. The van der Waals surface area contributed by atoms with E-state index in [1.165, 1.54) is 24.3 Å². The summed E-state index contributed by atoms with van der Waals surface area (Å²) in [6.07, 6.45) is 0. The van der Waals surface area contributed by atoms with E-state index in [9.17, 15) is 18.0 Å². The first-order valence-corrected chi connectivity index (χ1v) is 13.3. The molecule has 0 atom stereocenters. The van der Waals surface area contributed by atoms with Crippen molar-refractivity contribution in [2.24, 2.45) is 0 Å². The molecule has 0 heterocycles. The summed E-state index contributed by atoms with van der Waals surface area (Å²) in [6.45, 7) is 3.14. The molecular weight excluding hydrogens is 508 g/mol. The summed E-state index contributed by atoms with van der Waals surface area (Å²) in [5.41, 5.74) is 2.82. The minimum absolute atomic E-state index is 0.0649. The number of sulfonamides is 1. The number of carbonyl (C=O) groups excluding carboxylic acids is 2. The summed E-state index contributed by atoms with van der Waals surface area (Å²) >= 11 is 6.16. The molecular formula is C29H25ClN2O4S. The third kappa shape index (κ3) is 5.90. The van der Waals surface area contributed by atoms with Crippen molar-refractivity contribution in [3.05, 3.63) is 124 Å². The smallest absolute Gasteiger partial charge is 0.264 e. The van der Waals surface area contributed by atoms with Gasteiger partial charge in [0.05, 0.1) is 16.3 Å². The third-order valence-electron chi connectivity index (χ3n) is 5.79. The summed E-state index contributed by atoms with van der Waals surface area (Å²) in [5, 5.41) is 3.06. The largest absolute Gasteiger partial charge is 0.324 e. The zero-order chi connectivity index (χ0) is 26.6. The van der Waals surface area contributed by atoms with E-state index in [-0.39, 0.29) is 21.9 Å². The lowest BCUT2D eigenvalue weighted by molar-refractivity contribution is -0.114. The van der Waals surface area contributed by atoms with E-state index in [0.29, 0.717) is 21.8 Å². The van der Waals surface area contributed by atoms with Crippen LogP contribution in [0, 0.1) is 13.8 Å². The molecule has 4 aromatic rings. The van der Waals surface area contributed by atoms with Crippen LogP contribution in [0.2, 0.25) is 5.02 Å². The Bertz CT molecular complexity index is 1560. The van der Waals surface area contributed by atoms with E-state index in [0.717, 1.165) is 9.87 Å². The second kappa shape index (κ2) is 11.0. The molecule has 0 aliphatic rings. The molecule has 0 saturated carbocycles. The number of hydrogen-bond acceptors (Lipinski definition) is 4. The summed E-state index contributed by atoms with van der Waals surface area (Å²) in [6, 6.07) is 26.6. The van der Waals surface area contributed by atoms with Crippen molar-refractivity contribution in [2.75, 3.05) is 16.2 Å². The standard InChI is InChI=1S/C29H25ClN2O4S/c1-20-13-14-21(2)27(17-20)32(37(35,36)24-11-7-4-8-12-24)19-28(33)31-26-16-15-23(30)18-25(26)29(34)22-9-5-3-6-10-22/h3-18H,19H2,1-2H3,(H,31,33). The van der Waals surface area contributed by atoms with E-state index >= 15 is 0 Å². The molecule has 0 aromatic heterocycles. The van der Waals surface area contributed by atoms with Crippen LogP contribution in [0.15, 0.2) is 102 Å². The van der Waals surface area contributed by atoms with E-state index < -0.39 is 22.5 Å². The molecule has 0 aliphatic heterocycles. The number of carbonyl (C=O) groups is 2. The number of aryl methyl sites for hydroxylation is 2. The first kappa shape index (κ1) is 26.1. The second-order valence-corrected chi connectivity index (χ2v) is 10.8. The van der Waals surface area contributed by atoms with Crippen molar-refractivity contribution in [3.8, 4) is 0 Å². The zero-order valence-corrected chi connectivity index (χ0v) is 21.9. The van der Waals surface area contributed by atoms with Gasteiger partial charge in [-0.15, -0.1) is 0 Å². The number of benzene rings is 4. The maximum absolute atomic E-state index is 13.7. The number of nitrogens with one attached hydrogen (secondary N) is 1. The fourth-order valence-corrected chi connectivity index (χ4v) is 5.56. The lowest BCUT2D eigenvalue weighted by Crippen LogP contribution is -2.38. The molecule has 4 aromatic carbocycles. The maximum Gasteiger partial charge on any atom is 0.264 e. The van der Waals surface area contributed by atoms with Gasteiger partial charge in [0.15, 0.2) is 5.78 Å². The van der Waals surface area contributed by atoms with E-state index in [4.69, 9.17) is 11.6 Å². The van der Waals surface area contributed by atoms with Gasteiger partial charge in [0.25, 0.3) is 10.0 Å². The number of hydrogen-bond donors (Lipinski definition) is 1. The lowest BCUT2D eigenvalue weighted by Gasteiger charge is -2.26. The van der Waals surface area contributed by atoms with Gasteiger partial charge in [0.1, 0.15) is 6.54 Å². The number of anilines is 2. The summed E-state index contributed by atoms with van der Waals surface area (Å²) in [4.78, 5) is 26.5. The SMILES string of the molecule is Cc1ccc(C)c(N(CC(=O)Nc2ccc(Cl)cc2C(=O)c2ccccc2)S(=O)(=O)c2ccccc2)c1. The quantitative estimate of drug-likeness (QED) is 0.281. The first-order valence-electron chi connectivity index (χ1n) is 11.5. The van der Waals surface area contributed by atoms with E-state index in [1.54, 1.807) is 67.6 Å². The summed E-state index contributed by atoms with van der Waals surface area (Å²) in [7, 11) is -4.07. The van der Waals surface area contributed by atoms with Gasteiger partial charge < -0.3 is 5.32 Å².